The Morgan fingerprint density at radius 2 is 1.68 bits per heavy atom. The van der Waals surface area contributed by atoms with E-state index >= 15 is 0 Å². The fraction of sp³-hybridized carbons (Fsp3) is 0.407. The van der Waals surface area contributed by atoms with Crippen molar-refractivity contribution in [3.05, 3.63) is 64.7 Å². The number of benzene rings is 2. The zero-order valence-electron chi connectivity index (χ0n) is 20.7. The van der Waals surface area contributed by atoms with Crippen LogP contribution in [0.3, 0.4) is 0 Å². The lowest BCUT2D eigenvalue weighted by Gasteiger charge is -2.27. The SMILES string of the molecule is COCCCN1C(=O)C(=O)/C(=C(/O)c2cc(C(C)(C)C)ccc2OC)C1c1ccccc1OC. The minimum atomic E-state index is -0.809. The summed E-state index contributed by atoms with van der Waals surface area (Å²) in [5, 5.41) is 11.5. The molecule has 34 heavy (non-hydrogen) atoms. The van der Waals surface area contributed by atoms with Crippen molar-refractivity contribution in [3.63, 3.8) is 0 Å². The number of likely N-dealkylation sites (tertiary alicyclic amines) is 1. The molecule has 7 nitrogen and oxygen atoms in total. The van der Waals surface area contributed by atoms with E-state index in [1.54, 1.807) is 25.3 Å². The molecule has 0 aliphatic carbocycles. The summed E-state index contributed by atoms with van der Waals surface area (Å²) in [7, 11) is 4.62. The smallest absolute Gasteiger partial charge is 0.295 e. The van der Waals surface area contributed by atoms with Gasteiger partial charge in [-0.15, -0.1) is 0 Å². The minimum absolute atomic E-state index is 0.0104. The Balaban J connectivity index is 2.26. The molecule has 1 aliphatic rings. The van der Waals surface area contributed by atoms with Gasteiger partial charge in [0, 0.05) is 25.8 Å². The number of amides is 1. The summed E-state index contributed by atoms with van der Waals surface area (Å²) in [6, 6.07) is 11.9. The van der Waals surface area contributed by atoms with Gasteiger partial charge in [0.15, 0.2) is 0 Å². The lowest BCUT2D eigenvalue weighted by Crippen LogP contribution is -2.31. The summed E-state index contributed by atoms with van der Waals surface area (Å²) < 4.78 is 16.2. The molecule has 2 aromatic carbocycles. The number of para-hydroxylation sites is 1. The number of nitrogens with zero attached hydrogens (tertiary/aromatic N) is 1. The number of hydrogen-bond donors (Lipinski definition) is 1. The van der Waals surface area contributed by atoms with E-state index in [1.165, 1.54) is 19.1 Å². The molecule has 1 heterocycles. The number of aliphatic hydroxyl groups excluding tert-OH is 1. The maximum atomic E-state index is 13.3. The van der Waals surface area contributed by atoms with Crippen molar-refractivity contribution in [1.29, 1.82) is 0 Å². The zero-order chi connectivity index (χ0) is 25.0. The molecule has 7 heteroatoms. The molecule has 1 atom stereocenters. The van der Waals surface area contributed by atoms with Crippen molar-refractivity contribution in [2.45, 2.75) is 38.6 Å². The van der Waals surface area contributed by atoms with Crippen LogP contribution in [0.5, 0.6) is 11.5 Å². The molecule has 3 rings (SSSR count). The van der Waals surface area contributed by atoms with Crippen molar-refractivity contribution in [2.75, 3.05) is 34.5 Å². The molecular formula is C27H33NO6. The van der Waals surface area contributed by atoms with Gasteiger partial charge < -0.3 is 24.2 Å². The van der Waals surface area contributed by atoms with Crippen LogP contribution in [0.25, 0.3) is 5.76 Å². The number of rotatable bonds is 8. The molecular weight excluding hydrogens is 434 g/mol. The summed E-state index contributed by atoms with van der Waals surface area (Å²) in [6.45, 7) is 6.90. The third-order valence-electron chi connectivity index (χ3n) is 6.04. The summed E-state index contributed by atoms with van der Waals surface area (Å²) in [5.41, 5.74) is 1.75. The lowest BCUT2D eigenvalue weighted by molar-refractivity contribution is -0.140. The first kappa shape index (κ1) is 25.3. The number of methoxy groups -OCH3 is 3. The van der Waals surface area contributed by atoms with Gasteiger partial charge in [0.1, 0.15) is 17.3 Å². The van der Waals surface area contributed by atoms with Gasteiger partial charge in [-0.2, -0.15) is 0 Å². The highest BCUT2D eigenvalue weighted by Crippen LogP contribution is 2.44. The molecule has 0 saturated carbocycles. The molecule has 1 N–H and O–H groups in total. The van der Waals surface area contributed by atoms with Gasteiger partial charge in [-0.05, 0) is 35.6 Å². The van der Waals surface area contributed by atoms with Crippen molar-refractivity contribution in [2.24, 2.45) is 0 Å². The second-order valence-electron chi connectivity index (χ2n) is 9.25. The predicted molar refractivity (Wildman–Crippen MR) is 130 cm³/mol. The Morgan fingerprint density at radius 3 is 2.29 bits per heavy atom. The van der Waals surface area contributed by atoms with Gasteiger partial charge in [0.05, 0.1) is 31.4 Å². The van der Waals surface area contributed by atoms with Gasteiger partial charge >= 0.3 is 0 Å². The van der Waals surface area contributed by atoms with Crippen LogP contribution in [0.15, 0.2) is 48.0 Å². The van der Waals surface area contributed by atoms with Crippen LogP contribution in [0, 0.1) is 0 Å². The average molecular weight is 468 g/mol. The highest BCUT2D eigenvalue weighted by atomic mass is 16.5. The quantitative estimate of drug-likeness (QED) is 0.267. The van der Waals surface area contributed by atoms with Gasteiger partial charge in [-0.1, -0.05) is 45.0 Å². The fourth-order valence-electron chi connectivity index (χ4n) is 4.21. The third kappa shape index (κ3) is 4.80. The van der Waals surface area contributed by atoms with Crippen molar-refractivity contribution >= 4 is 17.4 Å². The zero-order valence-corrected chi connectivity index (χ0v) is 20.7. The normalized spacial score (nSPS) is 17.8. The maximum absolute atomic E-state index is 13.3. The van der Waals surface area contributed by atoms with Crippen LogP contribution in [-0.2, 0) is 19.7 Å². The van der Waals surface area contributed by atoms with Crippen LogP contribution in [-0.4, -0.2) is 56.2 Å². The second kappa shape index (κ2) is 10.3. The van der Waals surface area contributed by atoms with E-state index in [1.807, 2.05) is 24.3 Å². The molecule has 1 aliphatic heterocycles. The highest BCUT2D eigenvalue weighted by molar-refractivity contribution is 6.46. The largest absolute Gasteiger partial charge is 0.507 e. The van der Waals surface area contributed by atoms with E-state index in [4.69, 9.17) is 14.2 Å². The van der Waals surface area contributed by atoms with Crippen LogP contribution in [0.2, 0.25) is 0 Å². The summed E-state index contributed by atoms with van der Waals surface area (Å²) in [5.74, 6) is -0.748. The summed E-state index contributed by atoms with van der Waals surface area (Å²) in [4.78, 5) is 27.9. The van der Waals surface area contributed by atoms with Gasteiger partial charge in [0.2, 0.25) is 0 Å². The van der Waals surface area contributed by atoms with E-state index < -0.39 is 17.7 Å². The predicted octanol–water partition coefficient (Wildman–Crippen LogP) is 4.46. The monoisotopic (exact) mass is 467 g/mol. The van der Waals surface area contributed by atoms with Crippen LogP contribution >= 0.6 is 0 Å². The van der Waals surface area contributed by atoms with Gasteiger partial charge in [-0.25, -0.2) is 0 Å². The number of aliphatic hydroxyl groups is 1. The van der Waals surface area contributed by atoms with Crippen LogP contribution in [0.1, 0.15) is 49.9 Å². The molecule has 0 spiro atoms. The number of Topliss-reactive ketones (excluding diaryl/α,β-unsaturated/α-hetero) is 1. The average Bonchev–Trinajstić information content (AvgIpc) is 3.07. The van der Waals surface area contributed by atoms with E-state index in [0.717, 1.165) is 5.56 Å². The highest BCUT2D eigenvalue weighted by Gasteiger charge is 2.47. The van der Waals surface area contributed by atoms with Gasteiger partial charge in [0.25, 0.3) is 11.7 Å². The first-order valence-corrected chi connectivity index (χ1v) is 11.2. The molecule has 1 saturated heterocycles. The third-order valence-corrected chi connectivity index (χ3v) is 6.04. The Labute approximate surface area is 200 Å². The Bertz CT molecular complexity index is 1100. The Morgan fingerprint density at radius 1 is 1.00 bits per heavy atom. The van der Waals surface area contributed by atoms with Gasteiger partial charge in [-0.3, -0.25) is 9.59 Å². The first-order chi connectivity index (χ1) is 16.1. The Kier molecular flexibility index (Phi) is 7.67. The van der Waals surface area contributed by atoms with E-state index in [-0.39, 0.29) is 23.3 Å². The number of ether oxygens (including phenoxy) is 3. The Hall–Kier alpha value is -3.32. The number of hydrogen-bond acceptors (Lipinski definition) is 6. The van der Waals surface area contributed by atoms with Crippen molar-refractivity contribution < 1.29 is 28.9 Å². The summed E-state index contributed by atoms with van der Waals surface area (Å²) >= 11 is 0. The fourth-order valence-corrected chi connectivity index (χ4v) is 4.21. The lowest BCUT2D eigenvalue weighted by atomic mass is 9.85. The van der Waals surface area contributed by atoms with Crippen molar-refractivity contribution in [1.82, 2.24) is 4.90 Å². The molecule has 182 valence electrons. The topological polar surface area (TPSA) is 85.3 Å². The second-order valence-corrected chi connectivity index (χ2v) is 9.25. The summed E-state index contributed by atoms with van der Waals surface area (Å²) in [6.07, 6.45) is 0.540. The van der Waals surface area contributed by atoms with Crippen LogP contribution < -0.4 is 9.47 Å². The number of carbonyl (C=O) groups excluding carboxylic acids is 2. The standard InChI is InChI=1S/C27H33NO6/c1-27(2,3)17-12-13-21(34-6)19(16-17)24(29)22-23(18-10-7-8-11-20(18)33-5)28(14-9-15-32-4)26(31)25(22)30/h7-8,10-13,16,23,29H,9,14-15H2,1-6H3/b24-22+. The molecule has 1 unspecified atom stereocenters. The first-order valence-electron chi connectivity index (χ1n) is 11.2. The number of ketones is 1. The number of carbonyl (C=O) groups is 2. The van der Waals surface area contributed by atoms with Crippen LogP contribution in [0.4, 0.5) is 0 Å². The molecule has 2 aromatic rings. The van der Waals surface area contributed by atoms with Crippen molar-refractivity contribution in [3.8, 4) is 11.5 Å². The molecule has 0 radical (unpaired) electrons. The van der Waals surface area contributed by atoms with E-state index in [2.05, 4.69) is 20.8 Å². The van der Waals surface area contributed by atoms with E-state index in [9.17, 15) is 14.7 Å². The molecule has 1 amide bonds. The van der Waals surface area contributed by atoms with E-state index in [0.29, 0.717) is 35.7 Å². The molecule has 0 aromatic heterocycles. The molecule has 1 fully saturated rings. The minimum Gasteiger partial charge on any atom is -0.507 e. The molecule has 0 bridgehead atoms. The maximum Gasteiger partial charge on any atom is 0.295 e.